The van der Waals surface area contributed by atoms with Crippen molar-refractivity contribution in [3.05, 3.63) is 35.4 Å². The first-order valence-corrected chi connectivity index (χ1v) is 8.52. The van der Waals surface area contributed by atoms with Gasteiger partial charge in [0.25, 0.3) is 0 Å². The molecule has 0 aromatic heterocycles. The molecule has 3 rings (SSSR count). The van der Waals surface area contributed by atoms with Crippen molar-refractivity contribution in [3.63, 3.8) is 0 Å². The highest BCUT2D eigenvalue weighted by atomic mass is 16.5. The molecule has 1 aliphatic heterocycles. The normalized spacial score (nSPS) is 19.2. The molecule has 2 aliphatic rings. The van der Waals surface area contributed by atoms with Gasteiger partial charge in [0, 0.05) is 12.6 Å². The standard InChI is InChI=1S/C18H28N2O/c1-2-6-17(15-21-14-13-20-11-3-4-12-20)16(5-1)9-10-19-18-7-8-18/h1-2,5-6,18-19H,3-4,7-15H2. The van der Waals surface area contributed by atoms with Gasteiger partial charge in [-0.3, -0.25) is 0 Å². The maximum Gasteiger partial charge on any atom is 0.0720 e. The molecule has 1 saturated carbocycles. The molecule has 0 atom stereocenters. The quantitative estimate of drug-likeness (QED) is 0.707. The fourth-order valence-electron chi connectivity index (χ4n) is 3.02. The van der Waals surface area contributed by atoms with Gasteiger partial charge in [0.15, 0.2) is 0 Å². The zero-order chi connectivity index (χ0) is 14.3. The number of nitrogens with one attached hydrogen (secondary N) is 1. The third-order valence-corrected chi connectivity index (χ3v) is 4.53. The van der Waals surface area contributed by atoms with Crippen molar-refractivity contribution < 1.29 is 4.74 Å². The van der Waals surface area contributed by atoms with Crippen molar-refractivity contribution in [3.8, 4) is 0 Å². The van der Waals surface area contributed by atoms with Crippen LogP contribution in [0.4, 0.5) is 0 Å². The molecule has 1 saturated heterocycles. The van der Waals surface area contributed by atoms with Gasteiger partial charge in [0.05, 0.1) is 13.2 Å². The number of nitrogens with zero attached hydrogens (tertiary/aromatic N) is 1. The fraction of sp³-hybridized carbons (Fsp3) is 0.667. The minimum atomic E-state index is 0.757. The van der Waals surface area contributed by atoms with Gasteiger partial charge in [-0.2, -0.15) is 0 Å². The van der Waals surface area contributed by atoms with Crippen LogP contribution in [0.15, 0.2) is 24.3 Å². The second-order valence-electron chi connectivity index (χ2n) is 6.35. The molecule has 21 heavy (non-hydrogen) atoms. The molecule has 1 aliphatic carbocycles. The molecular weight excluding hydrogens is 260 g/mol. The Balaban J connectivity index is 1.38. The molecule has 1 aromatic rings. The van der Waals surface area contributed by atoms with Crippen molar-refractivity contribution in [1.82, 2.24) is 10.2 Å². The van der Waals surface area contributed by atoms with E-state index in [-0.39, 0.29) is 0 Å². The van der Waals surface area contributed by atoms with Gasteiger partial charge in [0.1, 0.15) is 0 Å². The van der Waals surface area contributed by atoms with Crippen molar-refractivity contribution in [2.75, 3.05) is 32.8 Å². The highest BCUT2D eigenvalue weighted by Gasteiger charge is 2.19. The van der Waals surface area contributed by atoms with Crippen LogP contribution in [0, 0.1) is 0 Å². The lowest BCUT2D eigenvalue weighted by atomic mass is 10.1. The van der Waals surface area contributed by atoms with Gasteiger partial charge in [0.2, 0.25) is 0 Å². The average molecular weight is 288 g/mol. The minimum absolute atomic E-state index is 0.757. The predicted octanol–water partition coefficient (Wildman–Crippen LogP) is 2.59. The van der Waals surface area contributed by atoms with Crippen LogP contribution in [0.1, 0.15) is 36.8 Å². The summed E-state index contributed by atoms with van der Waals surface area (Å²) in [7, 11) is 0. The van der Waals surface area contributed by atoms with E-state index >= 15 is 0 Å². The van der Waals surface area contributed by atoms with E-state index in [4.69, 9.17) is 4.74 Å². The van der Waals surface area contributed by atoms with Crippen LogP contribution in [0.2, 0.25) is 0 Å². The zero-order valence-corrected chi connectivity index (χ0v) is 13.0. The Bertz CT molecular complexity index is 425. The summed E-state index contributed by atoms with van der Waals surface area (Å²) in [6.45, 7) is 6.31. The first-order valence-electron chi connectivity index (χ1n) is 8.52. The molecule has 0 spiro atoms. The largest absolute Gasteiger partial charge is 0.375 e. The monoisotopic (exact) mass is 288 g/mol. The molecule has 3 nitrogen and oxygen atoms in total. The zero-order valence-electron chi connectivity index (χ0n) is 13.0. The van der Waals surface area contributed by atoms with Crippen LogP contribution in [-0.4, -0.2) is 43.7 Å². The molecule has 2 fully saturated rings. The van der Waals surface area contributed by atoms with Gasteiger partial charge in [-0.25, -0.2) is 0 Å². The number of rotatable bonds is 9. The van der Waals surface area contributed by atoms with Crippen molar-refractivity contribution >= 4 is 0 Å². The van der Waals surface area contributed by atoms with Crippen molar-refractivity contribution in [2.24, 2.45) is 0 Å². The first kappa shape index (κ1) is 15.0. The first-order chi connectivity index (χ1) is 10.4. The van der Waals surface area contributed by atoms with E-state index < -0.39 is 0 Å². The van der Waals surface area contributed by atoms with Gasteiger partial charge >= 0.3 is 0 Å². The van der Waals surface area contributed by atoms with Crippen LogP contribution in [0.25, 0.3) is 0 Å². The van der Waals surface area contributed by atoms with E-state index in [1.54, 1.807) is 0 Å². The molecule has 0 radical (unpaired) electrons. The number of benzene rings is 1. The number of likely N-dealkylation sites (tertiary alicyclic amines) is 1. The Morgan fingerprint density at radius 3 is 2.62 bits per heavy atom. The second kappa shape index (κ2) is 7.92. The highest BCUT2D eigenvalue weighted by Crippen LogP contribution is 2.19. The minimum Gasteiger partial charge on any atom is -0.375 e. The average Bonchev–Trinajstić information content (AvgIpc) is 3.18. The maximum atomic E-state index is 5.90. The van der Waals surface area contributed by atoms with Crippen LogP contribution >= 0.6 is 0 Å². The molecule has 3 heteroatoms. The van der Waals surface area contributed by atoms with Crippen LogP contribution < -0.4 is 5.32 Å². The van der Waals surface area contributed by atoms with Crippen molar-refractivity contribution in [1.29, 1.82) is 0 Å². The molecule has 0 amide bonds. The second-order valence-corrected chi connectivity index (χ2v) is 6.35. The van der Waals surface area contributed by atoms with Crippen LogP contribution in [0.5, 0.6) is 0 Å². The summed E-state index contributed by atoms with van der Waals surface area (Å²) in [5, 5.41) is 3.59. The summed E-state index contributed by atoms with van der Waals surface area (Å²) in [4.78, 5) is 2.51. The van der Waals surface area contributed by atoms with E-state index in [9.17, 15) is 0 Å². The van der Waals surface area contributed by atoms with E-state index in [2.05, 4.69) is 34.5 Å². The Labute approximate surface area is 128 Å². The summed E-state index contributed by atoms with van der Waals surface area (Å²) in [6.07, 6.45) is 6.55. The summed E-state index contributed by atoms with van der Waals surface area (Å²) in [5.41, 5.74) is 2.79. The molecule has 1 N–H and O–H groups in total. The van der Waals surface area contributed by atoms with Gasteiger partial charge in [-0.1, -0.05) is 24.3 Å². The van der Waals surface area contributed by atoms with E-state index in [0.29, 0.717) is 0 Å². The Hall–Kier alpha value is -0.900. The van der Waals surface area contributed by atoms with Crippen molar-refractivity contribution in [2.45, 2.75) is 44.8 Å². The van der Waals surface area contributed by atoms with Crippen LogP contribution in [0.3, 0.4) is 0 Å². The lowest BCUT2D eigenvalue weighted by Crippen LogP contribution is -2.24. The number of hydrogen-bond donors (Lipinski definition) is 1. The summed E-state index contributed by atoms with van der Waals surface area (Å²) < 4.78 is 5.90. The third kappa shape index (κ3) is 5.10. The maximum absolute atomic E-state index is 5.90. The summed E-state index contributed by atoms with van der Waals surface area (Å²) in [6, 6.07) is 9.52. The molecule has 116 valence electrons. The lowest BCUT2D eigenvalue weighted by Gasteiger charge is -2.15. The van der Waals surface area contributed by atoms with E-state index in [1.165, 1.54) is 49.9 Å². The number of hydrogen-bond acceptors (Lipinski definition) is 3. The summed E-state index contributed by atoms with van der Waals surface area (Å²) in [5.74, 6) is 0. The predicted molar refractivity (Wildman–Crippen MR) is 86.5 cm³/mol. The van der Waals surface area contributed by atoms with Gasteiger partial charge in [-0.15, -0.1) is 0 Å². The third-order valence-electron chi connectivity index (χ3n) is 4.53. The number of ether oxygens (including phenoxy) is 1. The van der Waals surface area contributed by atoms with E-state index in [0.717, 1.165) is 38.8 Å². The topological polar surface area (TPSA) is 24.5 Å². The summed E-state index contributed by atoms with van der Waals surface area (Å²) >= 11 is 0. The Kier molecular flexibility index (Phi) is 5.67. The molecule has 0 unspecified atom stereocenters. The molecule has 1 aromatic carbocycles. The fourth-order valence-corrected chi connectivity index (χ4v) is 3.02. The SMILES string of the molecule is c1ccc(COCCN2CCCC2)c(CCNC2CC2)c1. The van der Waals surface area contributed by atoms with Crippen LogP contribution in [-0.2, 0) is 17.8 Å². The lowest BCUT2D eigenvalue weighted by molar-refractivity contribution is 0.0988. The smallest absolute Gasteiger partial charge is 0.0720 e. The molecule has 0 bridgehead atoms. The molecular formula is C18H28N2O. The molecule has 1 heterocycles. The Morgan fingerprint density at radius 1 is 1.10 bits per heavy atom. The van der Waals surface area contributed by atoms with E-state index in [1.807, 2.05) is 0 Å². The van der Waals surface area contributed by atoms with Gasteiger partial charge in [-0.05, 0) is 62.9 Å². The highest BCUT2D eigenvalue weighted by molar-refractivity contribution is 5.26. The Morgan fingerprint density at radius 2 is 1.86 bits per heavy atom. The van der Waals surface area contributed by atoms with Gasteiger partial charge < -0.3 is 15.0 Å².